The minimum absolute atomic E-state index is 0.150. The van der Waals surface area contributed by atoms with Gasteiger partial charge in [-0.05, 0) is 6.42 Å². The molecule has 0 amide bonds. The van der Waals surface area contributed by atoms with E-state index in [2.05, 4.69) is 16.7 Å². The summed E-state index contributed by atoms with van der Waals surface area (Å²) in [5.41, 5.74) is 0. The number of hydrogen-bond acceptors (Lipinski definition) is 4. The first kappa shape index (κ1) is 12.9. The summed E-state index contributed by atoms with van der Waals surface area (Å²) in [7, 11) is 0. The van der Waals surface area contributed by atoms with E-state index >= 15 is 0 Å². The second-order valence-electron chi connectivity index (χ2n) is 2.88. The van der Waals surface area contributed by atoms with Crippen LogP contribution in [0.2, 0.25) is 0 Å². The van der Waals surface area contributed by atoms with E-state index in [1.165, 1.54) is 0 Å². The summed E-state index contributed by atoms with van der Waals surface area (Å²) in [6.45, 7) is 2.42. The highest BCUT2D eigenvalue weighted by molar-refractivity contribution is 5.76. The molecule has 0 heterocycles. The van der Waals surface area contributed by atoms with Crippen LogP contribution in [0.3, 0.4) is 0 Å². The average molecular weight is 204 g/mol. The summed E-state index contributed by atoms with van der Waals surface area (Å²) in [5.74, 6) is -1.66. The Hall–Kier alpha value is -1.10. The molecule has 0 saturated heterocycles. The van der Waals surface area contributed by atoms with Crippen molar-refractivity contribution in [2.24, 2.45) is 0 Å². The van der Waals surface area contributed by atoms with Crippen LogP contribution >= 0.6 is 0 Å². The zero-order valence-corrected chi connectivity index (χ0v) is 8.32. The van der Waals surface area contributed by atoms with E-state index in [-0.39, 0.29) is 12.8 Å². The van der Waals surface area contributed by atoms with Crippen LogP contribution in [-0.4, -0.2) is 23.7 Å². The van der Waals surface area contributed by atoms with Gasteiger partial charge in [-0.1, -0.05) is 19.8 Å². The Morgan fingerprint density at radius 1 is 1.21 bits per heavy atom. The number of rotatable bonds is 8. The van der Waals surface area contributed by atoms with Crippen molar-refractivity contribution in [1.29, 1.82) is 0 Å². The SMILES string of the molecule is CCCCCOOC(=O)CCC(=O)O. The summed E-state index contributed by atoms with van der Waals surface area (Å²) in [5, 5.41) is 8.26. The molecule has 0 aromatic carbocycles. The van der Waals surface area contributed by atoms with Crippen LogP contribution < -0.4 is 0 Å². The zero-order chi connectivity index (χ0) is 10.8. The third kappa shape index (κ3) is 8.99. The van der Waals surface area contributed by atoms with Gasteiger partial charge < -0.3 is 5.11 Å². The Balaban J connectivity index is 3.22. The van der Waals surface area contributed by atoms with Crippen LogP contribution in [0.4, 0.5) is 0 Å². The van der Waals surface area contributed by atoms with Gasteiger partial charge in [-0.15, -0.1) is 0 Å². The fraction of sp³-hybridized carbons (Fsp3) is 0.778. The first-order valence-corrected chi connectivity index (χ1v) is 4.71. The molecular formula is C9H16O5. The second kappa shape index (κ2) is 8.50. The summed E-state index contributed by atoms with van der Waals surface area (Å²) in [6, 6.07) is 0. The van der Waals surface area contributed by atoms with Crippen molar-refractivity contribution in [3.05, 3.63) is 0 Å². The predicted molar refractivity (Wildman–Crippen MR) is 48.4 cm³/mol. The molecule has 0 aliphatic carbocycles. The maximum absolute atomic E-state index is 10.8. The molecule has 14 heavy (non-hydrogen) atoms. The quantitative estimate of drug-likeness (QED) is 0.368. The van der Waals surface area contributed by atoms with E-state index in [1.54, 1.807) is 0 Å². The van der Waals surface area contributed by atoms with Gasteiger partial charge in [0.15, 0.2) is 0 Å². The molecule has 5 heteroatoms. The van der Waals surface area contributed by atoms with Crippen molar-refractivity contribution >= 4 is 11.9 Å². The Morgan fingerprint density at radius 2 is 1.93 bits per heavy atom. The van der Waals surface area contributed by atoms with Gasteiger partial charge in [-0.25, -0.2) is 4.79 Å². The van der Waals surface area contributed by atoms with Gasteiger partial charge in [0.1, 0.15) is 0 Å². The molecular weight excluding hydrogens is 188 g/mol. The topological polar surface area (TPSA) is 72.8 Å². The second-order valence-corrected chi connectivity index (χ2v) is 2.88. The minimum atomic E-state index is -1.02. The number of carboxylic acid groups (broad SMARTS) is 1. The Morgan fingerprint density at radius 3 is 2.50 bits per heavy atom. The van der Waals surface area contributed by atoms with Gasteiger partial charge in [-0.3, -0.25) is 9.68 Å². The van der Waals surface area contributed by atoms with E-state index in [1.807, 2.05) is 0 Å². The van der Waals surface area contributed by atoms with Crippen molar-refractivity contribution in [3.8, 4) is 0 Å². The third-order valence-corrected chi connectivity index (χ3v) is 1.53. The lowest BCUT2D eigenvalue weighted by atomic mass is 10.3. The summed E-state index contributed by atoms with van der Waals surface area (Å²) in [4.78, 5) is 29.8. The molecule has 0 fully saturated rings. The Bertz CT molecular complexity index is 178. The van der Waals surface area contributed by atoms with Crippen LogP contribution in [0.15, 0.2) is 0 Å². The molecule has 1 N–H and O–H groups in total. The molecule has 0 unspecified atom stereocenters. The predicted octanol–water partition coefficient (Wildman–Crippen LogP) is 1.52. The molecule has 0 rings (SSSR count). The largest absolute Gasteiger partial charge is 0.481 e. The molecule has 0 aromatic rings. The van der Waals surface area contributed by atoms with Gasteiger partial charge in [0, 0.05) is 0 Å². The van der Waals surface area contributed by atoms with Gasteiger partial charge in [-0.2, -0.15) is 4.89 Å². The normalized spacial score (nSPS) is 9.79. The number of carboxylic acids is 1. The molecule has 0 bridgehead atoms. The molecule has 82 valence electrons. The molecule has 0 aliphatic rings. The van der Waals surface area contributed by atoms with Crippen LogP contribution in [0, 0.1) is 0 Å². The molecule has 0 aromatic heterocycles. The molecule has 5 nitrogen and oxygen atoms in total. The summed E-state index contributed by atoms with van der Waals surface area (Å²) in [6.07, 6.45) is 2.55. The number of hydrogen-bond donors (Lipinski definition) is 1. The molecule has 0 aliphatic heterocycles. The van der Waals surface area contributed by atoms with E-state index in [4.69, 9.17) is 5.11 Å². The number of carbonyl (C=O) groups is 2. The molecule has 0 radical (unpaired) electrons. The average Bonchev–Trinajstić information content (AvgIpc) is 2.14. The van der Waals surface area contributed by atoms with Gasteiger partial charge in [0.2, 0.25) is 0 Å². The lowest BCUT2D eigenvalue weighted by molar-refractivity contribution is -0.272. The van der Waals surface area contributed by atoms with E-state index in [0.717, 1.165) is 19.3 Å². The molecule has 0 spiro atoms. The highest BCUT2D eigenvalue weighted by Crippen LogP contribution is 1.97. The Labute approximate surface area is 82.9 Å². The number of aliphatic carboxylic acids is 1. The van der Waals surface area contributed by atoms with Crippen LogP contribution in [0.25, 0.3) is 0 Å². The lowest BCUT2D eigenvalue weighted by Gasteiger charge is -2.01. The smallest absolute Gasteiger partial charge is 0.342 e. The van der Waals surface area contributed by atoms with Crippen LogP contribution in [0.1, 0.15) is 39.0 Å². The first-order valence-electron chi connectivity index (χ1n) is 4.71. The minimum Gasteiger partial charge on any atom is -0.481 e. The number of carbonyl (C=O) groups excluding carboxylic acids is 1. The van der Waals surface area contributed by atoms with Crippen molar-refractivity contribution < 1.29 is 24.5 Å². The van der Waals surface area contributed by atoms with Crippen LogP contribution in [0.5, 0.6) is 0 Å². The first-order chi connectivity index (χ1) is 6.66. The highest BCUT2D eigenvalue weighted by Gasteiger charge is 2.06. The van der Waals surface area contributed by atoms with E-state index in [9.17, 15) is 9.59 Å². The van der Waals surface area contributed by atoms with Crippen molar-refractivity contribution in [2.45, 2.75) is 39.0 Å². The lowest BCUT2D eigenvalue weighted by Crippen LogP contribution is -2.08. The van der Waals surface area contributed by atoms with E-state index in [0.29, 0.717) is 6.61 Å². The van der Waals surface area contributed by atoms with Crippen molar-refractivity contribution in [2.75, 3.05) is 6.61 Å². The van der Waals surface area contributed by atoms with Gasteiger partial charge >= 0.3 is 11.9 Å². The van der Waals surface area contributed by atoms with Crippen molar-refractivity contribution in [1.82, 2.24) is 0 Å². The monoisotopic (exact) mass is 204 g/mol. The van der Waals surface area contributed by atoms with Gasteiger partial charge in [0.05, 0.1) is 19.4 Å². The van der Waals surface area contributed by atoms with Gasteiger partial charge in [0.25, 0.3) is 0 Å². The fourth-order valence-electron chi connectivity index (χ4n) is 0.769. The maximum Gasteiger partial charge on any atom is 0.342 e. The summed E-state index contributed by atoms with van der Waals surface area (Å²) >= 11 is 0. The fourth-order valence-corrected chi connectivity index (χ4v) is 0.769. The summed E-state index contributed by atoms with van der Waals surface area (Å²) < 4.78 is 0. The zero-order valence-electron chi connectivity index (χ0n) is 8.32. The standard InChI is InChI=1S/C9H16O5/c1-2-3-4-7-13-14-9(12)6-5-8(10)11/h2-7H2,1H3,(H,10,11). The molecule has 0 saturated carbocycles. The Kier molecular flexibility index (Phi) is 7.83. The highest BCUT2D eigenvalue weighted by atomic mass is 17.2. The molecule has 0 atom stereocenters. The maximum atomic E-state index is 10.8. The van der Waals surface area contributed by atoms with Crippen LogP contribution in [-0.2, 0) is 19.4 Å². The third-order valence-electron chi connectivity index (χ3n) is 1.53. The van der Waals surface area contributed by atoms with E-state index < -0.39 is 11.9 Å². The van der Waals surface area contributed by atoms with Crippen molar-refractivity contribution in [3.63, 3.8) is 0 Å². The number of unbranched alkanes of at least 4 members (excludes halogenated alkanes) is 2.